The van der Waals surface area contributed by atoms with Crippen LogP contribution in [0.5, 0.6) is 5.75 Å². The van der Waals surface area contributed by atoms with Crippen molar-refractivity contribution in [1.29, 1.82) is 0 Å². The van der Waals surface area contributed by atoms with E-state index in [1.165, 1.54) is 19.9 Å². The van der Waals surface area contributed by atoms with Crippen LogP contribution in [-0.4, -0.2) is 16.7 Å². The van der Waals surface area contributed by atoms with Gasteiger partial charge in [-0.15, -0.1) is 0 Å². The maximum absolute atomic E-state index is 13.7. The lowest BCUT2D eigenvalue weighted by atomic mass is 10.1. The maximum atomic E-state index is 13.7. The number of carboxylic acid groups (broad SMARTS) is 1. The summed E-state index contributed by atoms with van der Waals surface area (Å²) in [6.07, 6.45) is 0. The van der Waals surface area contributed by atoms with Crippen LogP contribution in [-0.2, 0) is 11.3 Å². The van der Waals surface area contributed by atoms with Gasteiger partial charge in [0.25, 0.3) is 0 Å². The van der Waals surface area contributed by atoms with Crippen molar-refractivity contribution in [1.82, 2.24) is 0 Å². The van der Waals surface area contributed by atoms with E-state index in [2.05, 4.69) is 5.32 Å². The lowest BCUT2D eigenvalue weighted by Gasteiger charge is -2.21. The molecule has 0 heterocycles. The predicted molar refractivity (Wildman–Crippen MR) is 87.5 cm³/mol. The molecule has 0 radical (unpaired) electrons. The van der Waals surface area contributed by atoms with Crippen LogP contribution >= 0.6 is 11.6 Å². The van der Waals surface area contributed by atoms with Crippen LogP contribution in [0, 0.1) is 5.82 Å². The predicted octanol–water partition coefficient (Wildman–Crippen LogP) is 4.33. The summed E-state index contributed by atoms with van der Waals surface area (Å²) in [5, 5.41) is 12.5. The first-order chi connectivity index (χ1) is 10.8. The zero-order chi connectivity index (χ0) is 17.0. The molecule has 0 aliphatic heterocycles. The Bertz CT molecular complexity index is 681. The van der Waals surface area contributed by atoms with Crippen LogP contribution in [0.2, 0.25) is 5.02 Å². The van der Waals surface area contributed by atoms with Crippen molar-refractivity contribution in [2.24, 2.45) is 0 Å². The highest BCUT2D eigenvalue weighted by Gasteiger charge is 2.29. The highest BCUT2D eigenvalue weighted by atomic mass is 35.5. The number of halogens is 2. The summed E-state index contributed by atoms with van der Waals surface area (Å²) in [5.74, 6) is -0.978. The Hall–Kier alpha value is -2.27. The molecule has 0 saturated carbocycles. The van der Waals surface area contributed by atoms with E-state index in [0.29, 0.717) is 16.3 Å². The molecule has 0 aliphatic carbocycles. The van der Waals surface area contributed by atoms with Gasteiger partial charge in [0.1, 0.15) is 11.6 Å². The van der Waals surface area contributed by atoms with Crippen LogP contribution < -0.4 is 10.1 Å². The number of hydrogen-bond donors (Lipinski definition) is 2. The second-order valence-electron chi connectivity index (χ2n) is 5.50. The van der Waals surface area contributed by atoms with Gasteiger partial charge in [0.15, 0.2) is 5.60 Å². The molecule has 0 saturated heterocycles. The van der Waals surface area contributed by atoms with Gasteiger partial charge in [-0.1, -0.05) is 17.7 Å². The van der Waals surface area contributed by atoms with E-state index >= 15 is 0 Å². The molecule has 2 N–H and O–H groups in total. The Labute approximate surface area is 138 Å². The van der Waals surface area contributed by atoms with Crippen molar-refractivity contribution >= 4 is 23.3 Å². The summed E-state index contributed by atoms with van der Waals surface area (Å²) in [6.45, 7) is 3.19. The highest BCUT2D eigenvalue weighted by Crippen LogP contribution is 2.23. The van der Waals surface area contributed by atoms with Gasteiger partial charge in [-0.25, -0.2) is 9.18 Å². The van der Waals surface area contributed by atoms with Gasteiger partial charge in [0, 0.05) is 22.8 Å². The normalized spacial score (nSPS) is 11.1. The van der Waals surface area contributed by atoms with E-state index in [9.17, 15) is 9.18 Å². The fourth-order valence-electron chi connectivity index (χ4n) is 1.87. The Morgan fingerprint density at radius 1 is 1.26 bits per heavy atom. The summed E-state index contributed by atoms with van der Waals surface area (Å²) >= 11 is 5.97. The van der Waals surface area contributed by atoms with Gasteiger partial charge in [-0.2, -0.15) is 0 Å². The SMILES string of the molecule is CC(C)(Oc1ccc(NCc2c(F)cccc2Cl)cc1)C(=O)O. The van der Waals surface area contributed by atoms with E-state index in [1.54, 1.807) is 36.4 Å². The van der Waals surface area contributed by atoms with Crippen LogP contribution in [0.3, 0.4) is 0 Å². The van der Waals surface area contributed by atoms with Gasteiger partial charge in [-0.05, 0) is 50.2 Å². The van der Waals surface area contributed by atoms with Gasteiger partial charge in [0.2, 0.25) is 0 Å². The van der Waals surface area contributed by atoms with Crippen LogP contribution in [0.4, 0.5) is 10.1 Å². The van der Waals surface area contributed by atoms with Crippen molar-refractivity contribution in [3.63, 3.8) is 0 Å². The smallest absolute Gasteiger partial charge is 0.347 e. The Morgan fingerprint density at radius 2 is 1.91 bits per heavy atom. The number of ether oxygens (including phenoxy) is 1. The number of nitrogens with one attached hydrogen (secondary N) is 1. The Balaban J connectivity index is 2.02. The van der Waals surface area contributed by atoms with Crippen LogP contribution in [0.1, 0.15) is 19.4 Å². The van der Waals surface area contributed by atoms with Gasteiger partial charge in [0.05, 0.1) is 0 Å². The van der Waals surface area contributed by atoms with E-state index < -0.39 is 11.6 Å². The molecule has 2 aromatic carbocycles. The first-order valence-electron chi connectivity index (χ1n) is 6.99. The maximum Gasteiger partial charge on any atom is 0.347 e. The topological polar surface area (TPSA) is 58.6 Å². The summed E-state index contributed by atoms with van der Waals surface area (Å²) in [5.41, 5.74) is -0.179. The number of rotatable bonds is 6. The van der Waals surface area contributed by atoms with E-state index in [4.69, 9.17) is 21.4 Å². The number of carbonyl (C=O) groups is 1. The van der Waals surface area contributed by atoms with Crippen molar-refractivity contribution in [2.75, 3.05) is 5.32 Å². The third-order valence-electron chi connectivity index (χ3n) is 3.27. The molecule has 0 unspecified atom stereocenters. The fraction of sp³-hybridized carbons (Fsp3) is 0.235. The third kappa shape index (κ3) is 4.36. The minimum Gasteiger partial charge on any atom is -0.478 e. The largest absolute Gasteiger partial charge is 0.478 e. The molecular formula is C17H17ClFNO3. The first-order valence-corrected chi connectivity index (χ1v) is 7.36. The quantitative estimate of drug-likeness (QED) is 0.823. The lowest BCUT2D eigenvalue weighted by molar-refractivity contribution is -0.152. The molecular weight excluding hydrogens is 321 g/mol. The lowest BCUT2D eigenvalue weighted by Crippen LogP contribution is -2.37. The molecule has 0 spiro atoms. The number of aliphatic carboxylic acids is 1. The van der Waals surface area contributed by atoms with E-state index in [-0.39, 0.29) is 12.4 Å². The molecule has 0 bridgehead atoms. The number of anilines is 1. The summed E-state index contributed by atoms with van der Waals surface area (Å²) in [7, 11) is 0. The summed E-state index contributed by atoms with van der Waals surface area (Å²) < 4.78 is 19.1. The number of carboxylic acids is 1. The highest BCUT2D eigenvalue weighted by molar-refractivity contribution is 6.31. The Kier molecular flexibility index (Phi) is 5.11. The van der Waals surface area contributed by atoms with Gasteiger partial charge < -0.3 is 15.2 Å². The molecule has 0 amide bonds. The average molecular weight is 338 g/mol. The molecule has 122 valence electrons. The van der Waals surface area contributed by atoms with Crippen molar-refractivity contribution in [3.05, 3.63) is 58.9 Å². The minimum atomic E-state index is -1.31. The number of hydrogen-bond acceptors (Lipinski definition) is 3. The molecule has 23 heavy (non-hydrogen) atoms. The Morgan fingerprint density at radius 3 is 2.48 bits per heavy atom. The monoisotopic (exact) mass is 337 g/mol. The molecule has 4 nitrogen and oxygen atoms in total. The molecule has 2 aromatic rings. The van der Waals surface area contributed by atoms with Crippen molar-refractivity contribution < 1.29 is 19.0 Å². The van der Waals surface area contributed by atoms with Crippen molar-refractivity contribution in [2.45, 2.75) is 26.0 Å². The molecule has 0 fully saturated rings. The van der Waals surface area contributed by atoms with Crippen molar-refractivity contribution in [3.8, 4) is 5.75 Å². The minimum absolute atomic E-state index is 0.242. The molecule has 0 aromatic heterocycles. The third-order valence-corrected chi connectivity index (χ3v) is 3.63. The molecule has 2 rings (SSSR count). The fourth-order valence-corrected chi connectivity index (χ4v) is 2.10. The van der Waals surface area contributed by atoms with E-state index in [0.717, 1.165) is 5.69 Å². The molecule has 0 atom stereocenters. The average Bonchev–Trinajstić information content (AvgIpc) is 2.48. The zero-order valence-corrected chi connectivity index (χ0v) is 13.5. The second-order valence-corrected chi connectivity index (χ2v) is 5.90. The molecule has 0 aliphatic rings. The second kappa shape index (κ2) is 6.87. The zero-order valence-electron chi connectivity index (χ0n) is 12.8. The molecule has 6 heteroatoms. The summed E-state index contributed by atoms with van der Waals surface area (Å²) in [6, 6.07) is 11.3. The summed E-state index contributed by atoms with van der Waals surface area (Å²) in [4.78, 5) is 11.0. The first kappa shape index (κ1) is 17.1. The number of benzene rings is 2. The van der Waals surface area contributed by atoms with Gasteiger partial charge >= 0.3 is 5.97 Å². The van der Waals surface area contributed by atoms with Gasteiger partial charge in [-0.3, -0.25) is 0 Å². The van der Waals surface area contributed by atoms with E-state index in [1.807, 2.05) is 0 Å². The standard InChI is InChI=1S/C17H17ClFNO3/c1-17(2,16(21)22)23-12-8-6-11(7-9-12)20-10-13-14(18)4-3-5-15(13)19/h3-9,20H,10H2,1-2H3,(H,21,22). The van der Waals surface area contributed by atoms with Crippen LogP contribution in [0.25, 0.3) is 0 Å². The van der Waals surface area contributed by atoms with Crippen LogP contribution in [0.15, 0.2) is 42.5 Å².